The van der Waals surface area contributed by atoms with Crippen molar-refractivity contribution in [3.8, 4) is 0 Å². The van der Waals surface area contributed by atoms with Crippen LogP contribution in [0.4, 0.5) is 17.3 Å². The smallest absolute Gasteiger partial charge is 0.276 e. The molecule has 0 unspecified atom stereocenters. The van der Waals surface area contributed by atoms with Gasteiger partial charge in [-0.3, -0.25) is 10.1 Å². The zero-order valence-corrected chi connectivity index (χ0v) is 11.6. The molecule has 0 atom stereocenters. The first-order valence-corrected chi connectivity index (χ1v) is 6.39. The molecule has 1 rings (SSSR count). The first kappa shape index (κ1) is 15.2. The summed E-state index contributed by atoms with van der Waals surface area (Å²) < 4.78 is 0. The van der Waals surface area contributed by atoms with Gasteiger partial charge >= 0.3 is 0 Å². The Morgan fingerprint density at radius 2 is 1.95 bits per heavy atom. The topological polar surface area (TPSA) is 83.3 Å². The summed E-state index contributed by atoms with van der Waals surface area (Å²) in [6.07, 6.45) is 0. The van der Waals surface area contributed by atoms with E-state index in [1.807, 2.05) is 14.0 Å². The lowest BCUT2D eigenvalue weighted by Gasteiger charge is -2.14. The van der Waals surface area contributed by atoms with Crippen molar-refractivity contribution in [2.75, 3.05) is 43.9 Å². The van der Waals surface area contributed by atoms with Crippen molar-refractivity contribution in [3.05, 3.63) is 22.2 Å². The first-order valence-electron chi connectivity index (χ1n) is 6.39. The quantitative estimate of drug-likeness (QED) is 0.552. The molecule has 0 amide bonds. The molecule has 0 spiro atoms. The van der Waals surface area contributed by atoms with Crippen LogP contribution in [0.2, 0.25) is 0 Å². The van der Waals surface area contributed by atoms with Gasteiger partial charge in [0.25, 0.3) is 5.69 Å². The Morgan fingerprint density at radius 1 is 1.32 bits per heavy atom. The molecule has 0 aliphatic carbocycles. The van der Waals surface area contributed by atoms with Crippen molar-refractivity contribution < 1.29 is 4.92 Å². The van der Waals surface area contributed by atoms with Crippen LogP contribution in [0.3, 0.4) is 0 Å². The molecule has 106 valence electrons. The molecule has 0 radical (unpaired) electrons. The number of anilines is 2. The van der Waals surface area contributed by atoms with Gasteiger partial charge in [-0.1, -0.05) is 6.92 Å². The summed E-state index contributed by atoms with van der Waals surface area (Å²) in [5.74, 6) is 1.04. The molecule has 2 N–H and O–H groups in total. The fraction of sp³-hybridized carbons (Fsp3) is 0.583. The summed E-state index contributed by atoms with van der Waals surface area (Å²) in [6, 6.07) is 2.89. The largest absolute Gasteiger partial charge is 0.370 e. The minimum Gasteiger partial charge on any atom is -0.370 e. The number of hydrogen-bond acceptors (Lipinski definition) is 6. The second-order valence-corrected chi connectivity index (χ2v) is 4.21. The van der Waals surface area contributed by atoms with Gasteiger partial charge in [-0.2, -0.15) is 0 Å². The molecule has 0 bridgehead atoms. The lowest BCUT2D eigenvalue weighted by atomic mass is 10.3. The van der Waals surface area contributed by atoms with E-state index < -0.39 is 4.92 Å². The van der Waals surface area contributed by atoms with Gasteiger partial charge in [0.15, 0.2) is 0 Å². The Kier molecular flexibility index (Phi) is 6.01. The molecule has 7 nitrogen and oxygen atoms in total. The van der Waals surface area contributed by atoms with Crippen molar-refractivity contribution in [1.82, 2.24) is 9.88 Å². The maximum atomic E-state index is 10.9. The third-order valence-corrected chi connectivity index (χ3v) is 2.72. The fourth-order valence-electron chi connectivity index (χ4n) is 1.52. The second-order valence-electron chi connectivity index (χ2n) is 4.21. The second kappa shape index (κ2) is 7.52. The van der Waals surface area contributed by atoms with Crippen LogP contribution in [-0.4, -0.2) is 48.0 Å². The lowest BCUT2D eigenvalue weighted by molar-refractivity contribution is -0.384. The number of pyridine rings is 1. The molecule has 0 aliphatic rings. The fourth-order valence-corrected chi connectivity index (χ4v) is 1.52. The highest BCUT2D eigenvalue weighted by molar-refractivity contribution is 5.54. The van der Waals surface area contributed by atoms with Gasteiger partial charge in [0.2, 0.25) is 0 Å². The number of nitrogens with zero attached hydrogens (tertiary/aromatic N) is 3. The molecule has 1 heterocycles. The normalized spacial score (nSPS) is 10.5. The molecule has 1 aromatic rings. The molecule has 0 saturated carbocycles. The third kappa shape index (κ3) is 5.09. The van der Waals surface area contributed by atoms with Crippen LogP contribution in [0.25, 0.3) is 0 Å². The molecule has 0 aromatic carbocycles. The number of likely N-dealkylation sites (N-methyl/N-ethyl adjacent to an activating group) is 1. The van der Waals surface area contributed by atoms with E-state index in [0.29, 0.717) is 24.7 Å². The Bertz CT molecular complexity index is 425. The van der Waals surface area contributed by atoms with Crippen LogP contribution in [0.1, 0.15) is 13.8 Å². The SMILES string of the molecule is CCNc1cc([N+](=O)[O-])cc(NCCN(C)CC)n1. The Balaban J connectivity index is 2.73. The van der Waals surface area contributed by atoms with Crippen molar-refractivity contribution >= 4 is 17.3 Å². The van der Waals surface area contributed by atoms with Gasteiger partial charge in [0.1, 0.15) is 11.6 Å². The van der Waals surface area contributed by atoms with Gasteiger partial charge in [-0.25, -0.2) is 4.98 Å². The molecular weight excluding hydrogens is 246 g/mol. The Hall–Kier alpha value is -1.89. The molecule has 0 aliphatic heterocycles. The molecule has 7 heteroatoms. The van der Waals surface area contributed by atoms with E-state index in [9.17, 15) is 10.1 Å². The van der Waals surface area contributed by atoms with E-state index in [1.165, 1.54) is 12.1 Å². The standard InChI is InChI=1S/C12H21N5O2/c1-4-13-11-8-10(17(18)19)9-12(15-11)14-6-7-16(3)5-2/h8-9H,4-7H2,1-3H3,(H2,13,14,15). The van der Waals surface area contributed by atoms with Crippen LogP contribution in [0, 0.1) is 10.1 Å². The minimum atomic E-state index is -0.411. The van der Waals surface area contributed by atoms with E-state index in [1.54, 1.807) is 0 Å². The molecule has 1 aromatic heterocycles. The van der Waals surface area contributed by atoms with Crippen molar-refractivity contribution in [3.63, 3.8) is 0 Å². The predicted octanol–water partition coefficient (Wildman–Crippen LogP) is 1.79. The summed E-state index contributed by atoms with van der Waals surface area (Å²) in [6.45, 7) is 7.19. The van der Waals surface area contributed by atoms with E-state index in [-0.39, 0.29) is 5.69 Å². The van der Waals surface area contributed by atoms with Crippen LogP contribution in [0.5, 0.6) is 0 Å². The number of nitrogens with one attached hydrogen (secondary N) is 2. The van der Waals surface area contributed by atoms with Crippen LogP contribution >= 0.6 is 0 Å². The summed E-state index contributed by atoms with van der Waals surface area (Å²) in [5.41, 5.74) is 0.0392. The Labute approximate surface area is 113 Å². The zero-order valence-electron chi connectivity index (χ0n) is 11.6. The molecular formula is C12H21N5O2. The van der Waals surface area contributed by atoms with Gasteiger partial charge < -0.3 is 15.5 Å². The highest BCUT2D eigenvalue weighted by Crippen LogP contribution is 2.20. The summed E-state index contributed by atoms with van der Waals surface area (Å²) in [7, 11) is 2.02. The average molecular weight is 267 g/mol. The van der Waals surface area contributed by atoms with Crippen LogP contribution in [0.15, 0.2) is 12.1 Å². The van der Waals surface area contributed by atoms with Gasteiger partial charge in [0.05, 0.1) is 17.1 Å². The Morgan fingerprint density at radius 3 is 2.47 bits per heavy atom. The van der Waals surface area contributed by atoms with Crippen LogP contribution in [-0.2, 0) is 0 Å². The summed E-state index contributed by atoms with van der Waals surface area (Å²) >= 11 is 0. The highest BCUT2D eigenvalue weighted by Gasteiger charge is 2.10. The van der Waals surface area contributed by atoms with E-state index in [2.05, 4.69) is 27.4 Å². The number of aromatic nitrogens is 1. The zero-order chi connectivity index (χ0) is 14.3. The summed E-state index contributed by atoms with van der Waals surface area (Å²) in [5, 5.41) is 16.9. The number of hydrogen-bond donors (Lipinski definition) is 2. The summed E-state index contributed by atoms with van der Waals surface area (Å²) in [4.78, 5) is 16.9. The van der Waals surface area contributed by atoms with Gasteiger partial charge in [-0.05, 0) is 20.5 Å². The highest BCUT2D eigenvalue weighted by atomic mass is 16.6. The van der Waals surface area contributed by atoms with Gasteiger partial charge in [0, 0.05) is 19.6 Å². The van der Waals surface area contributed by atoms with Crippen molar-refractivity contribution in [2.45, 2.75) is 13.8 Å². The van der Waals surface area contributed by atoms with Crippen molar-refractivity contribution in [1.29, 1.82) is 0 Å². The third-order valence-electron chi connectivity index (χ3n) is 2.72. The van der Waals surface area contributed by atoms with E-state index in [0.717, 1.165) is 13.1 Å². The molecule has 19 heavy (non-hydrogen) atoms. The number of rotatable bonds is 8. The van der Waals surface area contributed by atoms with Crippen LogP contribution < -0.4 is 10.6 Å². The number of nitro groups is 1. The average Bonchev–Trinajstić information content (AvgIpc) is 2.38. The minimum absolute atomic E-state index is 0.0392. The van der Waals surface area contributed by atoms with E-state index in [4.69, 9.17) is 0 Å². The molecule has 0 saturated heterocycles. The van der Waals surface area contributed by atoms with Gasteiger partial charge in [-0.15, -0.1) is 0 Å². The van der Waals surface area contributed by atoms with Crippen molar-refractivity contribution in [2.24, 2.45) is 0 Å². The predicted molar refractivity (Wildman–Crippen MR) is 76.7 cm³/mol. The maximum Gasteiger partial charge on any atom is 0.276 e. The molecule has 0 fully saturated rings. The maximum absolute atomic E-state index is 10.9. The van der Waals surface area contributed by atoms with E-state index >= 15 is 0 Å². The monoisotopic (exact) mass is 267 g/mol. The lowest BCUT2D eigenvalue weighted by Crippen LogP contribution is -2.25. The first-order chi connectivity index (χ1) is 9.06.